The number of benzene rings is 2. The zero-order valence-electron chi connectivity index (χ0n) is 11.1. The van der Waals surface area contributed by atoms with Crippen LogP contribution in [-0.4, -0.2) is 14.7 Å². The molecule has 4 nitrogen and oxygen atoms in total. The van der Waals surface area contributed by atoms with Gasteiger partial charge in [-0.05, 0) is 42.8 Å². The van der Waals surface area contributed by atoms with E-state index in [9.17, 15) is 8.42 Å². The lowest BCUT2D eigenvalue weighted by Crippen LogP contribution is -2.02. The first-order chi connectivity index (χ1) is 9.27. The van der Waals surface area contributed by atoms with Gasteiger partial charge in [0.2, 0.25) is 0 Å². The molecule has 2 aromatic carbocycles. The smallest absolute Gasteiger partial charge is 0.175 e. The van der Waals surface area contributed by atoms with Gasteiger partial charge in [-0.1, -0.05) is 17.7 Å². The Labute approximate surface area is 123 Å². The molecule has 0 aliphatic rings. The summed E-state index contributed by atoms with van der Waals surface area (Å²) in [5.74, 6) is 0. The van der Waals surface area contributed by atoms with Crippen molar-refractivity contribution in [2.24, 2.45) is 0 Å². The number of hydrogen-bond donors (Lipinski definition) is 2. The van der Waals surface area contributed by atoms with Crippen LogP contribution >= 0.6 is 11.6 Å². The average Bonchev–Trinajstić information content (AvgIpc) is 2.35. The SMILES string of the molecule is Cc1ccc(Cl)cc1Nc1ccc(S(C)(=O)=O)cc1N. The Hall–Kier alpha value is -1.72. The van der Waals surface area contributed by atoms with Gasteiger partial charge in [0, 0.05) is 17.0 Å². The molecule has 0 radical (unpaired) electrons. The van der Waals surface area contributed by atoms with E-state index in [1.807, 2.05) is 13.0 Å². The van der Waals surface area contributed by atoms with Gasteiger partial charge >= 0.3 is 0 Å². The summed E-state index contributed by atoms with van der Waals surface area (Å²) in [7, 11) is -3.26. The third-order valence-electron chi connectivity index (χ3n) is 2.92. The average molecular weight is 311 g/mol. The number of aryl methyl sites for hydroxylation is 1. The van der Waals surface area contributed by atoms with Crippen LogP contribution < -0.4 is 11.1 Å². The number of nitrogens with one attached hydrogen (secondary N) is 1. The minimum absolute atomic E-state index is 0.198. The number of sulfone groups is 1. The number of nitrogens with two attached hydrogens (primary N) is 1. The molecule has 106 valence electrons. The van der Waals surface area contributed by atoms with Gasteiger partial charge in [-0.15, -0.1) is 0 Å². The third kappa shape index (κ3) is 3.23. The molecule has 6 heteroatoms. The van der Waals surface area contributed by atoms with Gasteiger partial charge in [0.05, 0.1) is 16.3 Å². The minimum Gasteiger partial charge on any atom is -0.397 e. The quantitative estimate of drug-likeness (QED) is 0.852. The van der Waals surface area contributed by atoms with E-state index < -0.39 is 9.84 Å². The van der Waals surface area contributed by atoms with E-state index in [1.165, 1.54) is 12.1 Å². The molecule has 2 aromatic rings. The molecule has 0 saturated heterocycles. The predicted molar refractivity (Wildman–Crippen MR) is 83.4 cm³/mol. The summed E-state index contributed by atoms with van der Waals surface area (Å²) in [6.07, 6.45) is 1.15. The van der Waals surface area contributed by atoms with Crippen LogP contribution in [0.5, 0.6) is 0 Å². The molecule has 0 fully saturated rings. The Morgan fingerprint density at radius 2 is 1.80 bits per heavy atom. The van der Waals surface area contributed by atoms with Gasteiger partial charge < -0.3 is 11.1 Å². The summed E-state index contributed by atoms with van der Waals surface area (Å²) in [6.45, 7) is 1.94. The summed E-state index contributed by atoms with van der Waals surface area (Å²) >= 11 is 5.96. The molecule has 2 rings (SSSR count). The monoisotopic (exact) mass is 310 g/mol. The minimum atomic E-state index is -3.26. The van der Waals surface area contributed by atoms with Crippen LogP contribution in [0.2, 0.25) is 5.02 Å². The van der Waals surface area contributed by atoms with E-state index in [0.717, 1.165) is 17.5 Å². The Morgan fingerprint density at radius 3 is 2.40 bits per heavy atom. The summed E-state index contributed by atoms with van der Waals surface area (Å²) in [6, 6.07) is 10.1. The molecule has 0 aliphatic carbocycles. The first-order valence-corrected chi connectivity index (χ1v) is 8.17. The lowest BCUT2D eigenvalue weighted by atomic mass is 10.2. The van der Waals surface area contributed by atoms with Crippen LogP contribution in [0.15, 0.2) is 41.3 Å². The van der Waals surface area contributed by atoms with Gasteiger partial charge in [-0.25, -0.2) is 8.42 Å². The molecule has 0 saturated carbocycles. The molecule has 0 amide bonds. The van der Waals surface area contributed by atoms with Gasteiger partial charge in [-0.2, -0.15) is 0 Å². The summed E-state index contributed by atoms with van der Waals surface area (Å²) in [5.41, 5.74) is 8.75. The lowest BCUT2D eigenvalue weighted by Gasteiger charge is -2.13. The zero-order valence-corrected chi connectivity index (χ0v) is 12.7. The van der Waals surface area contributed by atoms with Crippen molar-refractivity contribution in [3.05, 3.63) is 47.0 Å². The highest BCUT2D eigenvalue weighted by Crippen LogP contribution is 2.29. The number of anilines is 3. The van der Waals surface area contributed by atoms with Crippen molar-refractivity contribution in [3.63, 3.8) is 0 Å². The number of rotatable bonds is 3. The fraction of sp³-hybridized carbons (Fsp3) is 0.143. The molecule has 0 aromatic heterocycles. The maximum atomic E-state index is 11.5. The topological polar surface area (TPSA) is 72.2 Å². The maximum absolute atomic E-state index is 11.5. The van der Waals surface area contributed by atoms with Crippen molar-refractivity contribution in [3.8, 4) is 0 Å². The van der Waals surface area contributed by atoms with Crippen LogP contribution in [0.3, 0.4) is 0 Å². The van der Waals surface area contributed by atoms with E-state index >= 15 is 0 Å². The molecule has 3 N–H and O–H groups in total. The molecular weight excluding hydrogens is 296 g/mol. The highest BCUT2D eigenvalue weighted by Gasteiger charge is 2.10. The predicted octanol–water partition coefficient (Wildman–Crippen LogP) is 3.38. The molecule has 0 spiro atoms. The Balaban J connectivity index is 2.38. The molecule has 20 heavy (non-hydrogen) atoms. The third-order valence-corrected chi connectivity index (χ3v) is 4.27. The van der Waals surface area contributed by atoms with Crippen molar-refractivity contribution in [1.29, 1.82) is 0 Å². The highest BCUT2D eigenvalue weighted by molar-refractivity contribution is 7.90. The summed E-state index contributed by atoms with van der Waals surface area (Å²) in [4.78, 5) is 0.198. The Morgan fingerprint density at radius 1 is 1.10 bits per heavy atom. The van der Waals surface area contributed by atoms with Gasteiger partial charge in [0.15, 0.2) is 9.84 Å². The standard InChI is InChI=1S/C14H15ClN2O2S/c1-9-3-4-10(15)7-14(9)17-13-6-5-11(8-12(13)16)20(2,18)19/h3-8,17H,16H2,1-2H3. The fourth-order valence-corrected chi connectivity index (χ4v) is 2.59. The van der Waals surface area contributed by atoms with E-state index in [1.54, 1.807) is 18.2 Å². The van der Waals surface area contributed by atoms with Crippen molar-refractivity contribution in [2.75, 3.05) is 17.3 Å². The fourth-order valence-electron chi connectivity index (χ4n) is 1.76. The van der Waals surface area contributed by atoms with E-state index in [0.29, 0.717) is 16.4 Å². The number of halogens is 1. The van der Waals surface area contributed by atoms with Crippen LogP contribution in [0.25, 0.3) is 0 Å². The molecule has 0 atom stereocenters. The number of nitrogen functional groups attached to an aromatic ring is 1. The van der Waals surface area contributed by atoms with Gasteiger partial charge in [0.1, 0.15) is 0 Å². The zero-order chi connectivity index (χ0) is 14.9. The van der Waals surface area contributed by atoms with E-state index in [-0.39, 0.29) is 4.90 Å². The Kier molecular flexibility index (Phi) is 3.92. The second-order valence-corrected chi connectivity index (χ2v) is 7.06. The number of hydrogen-bond acceptors (Lipinski definition) is 4. The van der Waals surface area contributed by atoms with Crippen LogP contribution in [0, 0.1) is 6.92 Å². The molecule has 0 bridgehead atoms. The van der Waals surface area contributed by atoms with E-state index in [2.05, 4.69) is 5.32 Å². The normalized spacial score (nSPS) is 11.3. The molecule has 0 heterocycles. The Bertz CT molecular complexity index is 758. The van der Waals surface area contributed by atoms with Gasteiger partial charge in [0.25, 0.3) is 0 Å². The second-order valence-electron chi connectivity index (χ2n) is 4.61. The first kappa shape index (κ1) is 14.7. The van der Waals surface area contributed by atoms with Crippen LogP contribution in [-0.2, 0) is 9.84 Å². The van der Waals surface area contributed by atoms with Crippen molar-refractivity contribution < 1.29 is 8.42 Å². The lowest BCUT2D eigenvalue weighted by molar-refractivity contribution is 0.602. The second kappa shape index (κ2) is 5.34. The first-order valence-electron chi connectivity index (χ1n) is 5.90. The summed E-state index contributed by atoms with van der Waals surface area (Å²) in [5, 5.41) is 3.77. The molecular formula is C14H15ClN2O2S. The maximum Gasteiger partial charge on any atom is 0.175 e. The molecule has 0 aliphatic heterocycles. The van der Waals surface area contributed by atoms with Crippen molar-refractivity contribution >= 4 is 38.5 Å². The van der Waals surface area contributed by atoms with Gasteiger partial charge in [-0.3, -0.25) is 0 Å². The molecule has 0 unspecified atom stereocenters. The highest BCUT2D eigenvalue weighted by atomic mass is 35.5. The van der Waals surface area contributed by atoms with Crippen LogP contribution in [0.1, 0.15) is 5.56 Å². The summed E-state index contributed by atoms with van der Waals surface area (Å²) < 4.78 is 22.9. The van der Waals surface area contributed by atoms with Crippen molar-refractivity contribution in [1.82, 2.24) is 0 Å². The van der Waals surface area contributed by atoms with Crippen LogP contribution in [0.4, 0.5) is 17.1 Å². The van der Waals surface area contributed by atoms with Crippen molar-refractivity contribution in [2.45, 2.75) is 11.8 Å². The van der Waals surface area contributed by atoms with E-state index in [4.69, 9.17) is 17.3 Å². The largest absolute Gasteiger partial charge is 0.397 e.